The minimum atomic E-state index is -0.399. The van der Waals surface area contributed by atoms with Crippen molar-refractivity contribution in [3.8, 4) is 17.2 Å². The maximum absolute atomic E-state index is 12.2. The molecule has 0 bridgehead atoms. The standard InChI is InChI=1S/C16H13N3O4S/c20-11-6-7-12(13(21)8-11)14(22)9-24-16-18-17-15(23)19(16)10-4-2-1-3-5-10/h1-8,20-21H,9H2,(H,17,23). The topological polar surface area (TPSA) is 108 Å². The van der Waals surface area contributed by atoms with Gasteiger partial charge < -0.3 is 10.2 Å². The summed E-state index contributed by atoms with van der Waals surface area (Å²) in [4.78, 5) is 24.1. The number of hydrogen-bond donors (Lipinski definition) is 3. The lowest BCUT2D eigenvalue weighted by Crippen LogP contribution is -2.15. The van der Waals surface area contributed by atoms with Crippen LogP contribution < -0.4 is 5.69 Å². The van der Waals surface area contributed by atoms with Crippen LogP contribution in [0.1, 0.15) is 10.4 Å². The molecule has 0 aliphatic carbocycles. The molecule has 0 aliphatic heterocycles. The van der Waals surface area contributed by atoms with Gasteiger partial charge in [0.2, 0.25) is 0 Å². The molecular formula is C16H13N3O4S. The van der Waals surface area contributed by atoms with E-state index in [2.05, 4.69) is 10.2 Å². The highest BCUT2D eigenvalue weighted by atomic mass is 32.2. The predicted octanol–water partition coefficient (Wildman–Crippen LogP) is 1.95. The number of aromatic amines is 1. The van der Waals surface area contributed by atoms with E-state index < -0.39 is 5.69 Å². The molecule has 0 amide bonds. The lowest BCUT2D eigenvalue weighted by Gasteiger charge is -2.06. The molecule has 0 fully saturated rings. The van der Waals surface area contributed by atoms with E-state index in [4.69, 9.17) is 0 Å². The van der Waals surface area contributed by atoms with Crippen LogP contribution in [0.3, 0.4) is 0 Å². The molecule has 2 aromatic carbocycles. The van der Waals surface area contributed by atoms with Gasteiger partial charge in [-0.25, -0.2) is 14.5 Å². The number of hydrogen-bond acceptors (Lipinski definition) is 6. The minimum Gasteiger partial charge on any atom is -0.508 e. The fraction of sp³-hybridized carbons (Fsp3) is 0.0625. The van der Waals surface area contributed by atoms with Crippen LogP contribution in [-0.2, 0) is 0 Å². The van der Waals surface area contributed by atoms with E-state index >= 15 is 0 Å². The van der Waals surface area contributed by atoms with Gasteiger partial charge in [0, 0.05) is 6.07 Å². The van der Waals surface area contributed by atoms with Crippen LogP contribution in [0.2, 0.25) is 0 Å². The summed E-state index contributed by atoms with van der Waals surface area (Å²) < 4.78 is 1.37. The predicted molar refractivity (Wildman–Crippen MR) is 89.0 cm³/mol. The summed E-state index contributed by atoms with van der Waals surface area (Å²) in [5, 5.41) is 25.6. The Morgan fingerprint density at radius 2 is 1.92 bits per heavy atom. The quantitative estimate of drug-likeness (QED) is 0.483. The second-order valence-electron chi connectivity index (χ2n) is 4.90. The Kier molecular flexibility index (Phi) is 4.39. The summed E-state index contributed by atoms with van der Waals surface area (Å²) in [6.45, 7) is 0. The molecule has 1 aromatic heterocycles. The molecule has 3 aromatic rings. The molecule has 0 aliphatic rings. The number of H-pyrrole nitrogens is 1. The lowest BCUT2D eigenvalue weighted by atomic mass is 10.1. The van der Waals surface area contributed by atoms with Crippen LogP contribution in [0.15, 0.2) is 58.5 Å². The van der Waals surface area contributed by atoms with Crippen molar-refractivity contribution < 1.29 is 15.0 Å². The summed E-state index contributed by atoms with van der Waals surface area (Å²) in [6, 6.07) is 12.7. The average molecular weight is 343 g/mol. The van der Waals surface area contributed by atoms with Crippen LogP contribution in [0, 0.1) is 0 Å². The molecule has 3 N–H and O–H groups in total. The number of Topliss-reactive ketones (excluding diaryl/α,β-unsaturated/α-hetero) is 1. The van der Waals surface area contributed by atoms with Crippen LogP contribution in [-0.4, -0.2) is 36.5 Å². The van der Waals surface area contributed by atoms with E-state index in [1.54, 1.807) is 24.3 Å². The minimum absolute atomic E-state index is 0.0184. The second kappa shape index (κ2) is 6.63. The largest absolute Gasteiger partial charge is 0.508 e. The third-order valence-corrected chi connectivity index (χ3v) is 4.21. The van der Waals surface area contributed by atoms with Gasteiger partial charge in [-0.2, -0.15) is 0 Å². The van der Waals surface area contributed by atoms with Gasteiger partial charge in [-0.3, -0.25) is 4.79 Å². The number of carbonyl (C=O) groups is 1. The first-order chi connectivity index (χ1) is 11.6. The van der Waals surface area contributed by atoms with Gasteiger partial charge in [-0.05, 0) is 24.3 Å². The van der Waals surface area contributed by atoms with Crippen molar-refractivity contribution in [3.63, 3.8) is 0 Å². The molecular weight excluding hydrogens is 330 g/mol. The number of carbonyl (C=O) groups excluding carboxylic acids is 1. The summed E-state index contributed by atoms with van der Waals surface area (Å²) in [6.07, 6.45) is 0. The van der Waals surface area contributed by atoms with Crippen molar-refractivity contribution in [1.29, 1.82) is 0 Å². The molecule has 7 nitrogen and oxygen atoms in total. The number of benzene rings is 2. The van der Waals surface area contributed by atoms with Gasteiger partial charge in [0.05, 0.1) is 17.0 Å². The third-order valence-electron chi connectivity index (χ3n) is 3.27. The number of aromatic hydroxyl groups is 2. The highest BCUT2D eigenvalue weighted by molar-refractivity contribution is 7.99. The first-order valence-electron chi connectivity index (χ1n) is 6.97. The molecule has 1 heterocycles. The van der Waals surface area contributed by atoms with Crippen molar-refractivity contribution in [2.75, 3.05) is 5.75 Å². The number of phenols is 2. The number of ketones is 1. The zero-order valence-electron chi connectivity index (χ0n) is 12.3. The Labute approximate surface area is 140 Å². The van der Waals surface area contributed by atoms with Crippen molar-refractivity contribution >= 4 is 17.5 Å². The molecule has 0 saturated carbocycles. The van der Waals surface area contributed by atoms with E-state index in [-0.39, 0.29) is 28.6 Å². The van der Waals surface area contributed by atoms with Gasteiger partial charge in [0.1, 0.15) is 11.5 Å². The van der Waals surface area contributed by atoms with E-state index in [1.165, 1.54) is 16.7 Å². The summed E-state index contributed by atoms with van der Waals surface area (Å²) in [5.41, 5.74) is 0.340. The van der Waals surface area contributed by atoms with Crippen molar-refractivity contribution in [3.05, 3.63) is 64.6 Å². The number of thioether (sulfide) groups is 1. The molecule has 0 spiro atoms. The molecule has 0 radical (unpaired) electrons. The van der Waals surface area contributed by atoms with E-state index in [1.807, 2.05) is 6.07 Å². The number of nitrogens with zero attached hydrogens (tertiary/aromatic N) is 2. The normalized spacial score (nSPS) is 10.7. The van der Waals surface area contributed by atoms with Crippen LogP contribution in [0.4, 0.5) is 0 Å². The number of rotatable bonds is 5. The van der Waals surface area contributed by atoms with E-state index in [0.717, 1.165) is 17.8 Å². The van der Waals surface area contributed by atoms with Crippen LogP contribution in [0.25, 0.3) is 5.69 Å². The van der Waals surface area contributed by atoms with Gasteiger partial charge in [0.25, 0.3) is 0 Å². The summed E-state index contributed by atoms with van der Waals surface area (Å²) in [5.74, 6) is -0.771. The SMILES string of the molecule is O=C(CSc1n[nH]c(=O)n1-c1ccccc1)c1ccc(O)cc1O. The fourth-order valence-electron chi connectivity index (χ4n) is 2.15. The summed E-state index contributed by atoms with van der Waals surface area (Å²) in [7, 11) is 0. The van der Waals surface area contributed by atoms with Gasteiger partial charge in [0.15, 0.2) is 10.9 Å². The van der Waals surface area contributed by atoms with Crippen molar-refractivity contribution in [1.82, 2.24) is 14.8 Å². The van der Waals surface area contributed by atoms with Gasteiger partial charge >= 0.3 is 5.69 Å². The first-order valence-corrected chi connectivity index (χ1v) is 7.95. The summed E-state index contributed by atoms with van der Waals surface area (Å²) >= 11 is 1.08. The first kappa shape index (κ1) is 15.9. The van der Waals surface area contributed by atoms with E-state index in [9.17, 15) is 19.8 Å². The molecule has 3 rings (SSSR count). The monoisotopic (exact) mass is 343 g/mol. The Morgan fingerprint density at radius 1 is 1.17 bits per heavy atom. The Hall–Kier alpha value is -3.00. The molecule has 24 heavy (non-hydrogen) atoms. The van der Waals surface area contributed by atoms with Crippen LogP contribution in [0.5, 0.6) is 11.5 Å². The number of para-hydroxylation sites is 1. The smallest absolute Gasteiger partial charge is 0.348 e. The van der Waals surface area contributed by atoms with Crippen LogP contribution >= 0.6 is 11.8 Å². The highest BCUT2D eigenvalue weighted by Crippen LogP contribution is 2.25. The molecule has 0 saturated heterocycles. The molecule has 0 unspecified atom stereocenters. The zero-order chi connectivity index (χ0) is 17.1. The fourth-order valence-corrected chi connectivity index (χ4v) is 2.99. The maximum atomic E-state index is 12.2. The van der Waals surface area contributed by atoms with Gasteiger partial charge in [-0.15, -0.1) is 5.10 Å². The molecule has 122 valence electrons. The third kappa shape index (κ3) is 3.18. The van der Waals surface area contributed by atoms with Crippen molar-refractivity contribution in [2.45, 2.75) is 5.16 Å². The Morgan fingerprint density at radius 3 is 2.62 bits per heavy atom. The van der Waals surface area contributed by atoms with Gasteiger partial charge in [-0.1, -0.05) is 30.0 Å². The van der Waals surface area contributed by atoms with Crippen molar-refractivity contribution in [2.24, 2.45) is 0 Å². The average Bonchev–Trinajstić information content (AvgIpc) is 2.94. The van der Waals surface area contributed by atoms with E-state index in [0.29, 0.717) is 10.8 Å². The lowest BCUT2D eigenvalue weighted by molar-refractivity contribution is 0.102. The molecule has 8 heteroatoms. The maximum Gasteiger partial charge on any atom is 0.348 e. The Bertz CT molecular complexity index is 934. The Balaban J connectivity index is 1.81. The number of phenolic OH excluding ortho intramolecular Hbond substituents is 2. The number of aromatic nitrogens is 3. The second-order valence-corrected chi connectivity index (χ2v) is 5.84. The molecule has 0 atom stereocenters. The zero-order valence-corrected chi connectivity index (χ0v) is 13.2. The number of nitrogens with one attached hydrogen (secondary N) is 1. The highest BCUT2D eigenvalue weighted by Gasteiger charge is 2.16.